The van der Waals surface area contributed by atoms with Crippen molar-refractivity contribution in [3.05, 3.63) is 0 Å². The van der Waals surface area contributed by atoms with E-state index in [4.69, 9.17) is 15.9 Å². The summed E-state index contributed by atoms with van der Waals surface area (Å²) in [6.45, 7) is 2.61. The van der Waals surface area contributed by atoms with Crippen molar-refractivity contribution in [3.63, 3.8) is 0 Å². The predicted octanol–water partition coefficient (Wildman–Crippen LogP) is 1.91. The minimum atomic E-state index is -0.120. The lowest BCUT2D eigenvalue weighted by Gasteiger charge is -2.28. The molecule has 0 aromatic heterocycles. The van der Waals surface area contributed by atoms with Gasteiger partial charge in [-0.1, -0.05) is 19.3 Å². The molecule has 0 amide bonds. The molecule has 1 aliphatic rings. The van der Waals surface area contributed by atoms with Gasteiger partial charge < -0.3 is 10.5 Å². The fraction of sp³-hybridized carbons (Fsp3) is 0.900. The van der Waals surface area contributed by atoms with Gasteiger partial charge in [-0.3, -0.25) is 5.41 Å². The van der Waals surface area contributed by atoms with Crippen LogP contribution in [0.15, 0.2) is 0 Å². The Hall–Kier alpha value is -0.570. The van der Waals surface area contributed by atoms with E-state index in [0.29, 0.717) is 12.5 Å². The Morgan fingerprint density at radius 1 is 1.46 bits per heavy atom. The van der Waals surface area contributed by atoms with E-state index >= 15 is 0 Å². The van der Waals surface area contributed by atoms with Gasteiger partial charge in [0.1, 0.15) is 11.9 Å². The molecule has 3 nitrogen and oxygen atoms in total. The van der Waals surface area contributed by atoms with Gasteiger partial charge in [-0.15, -0.1) is 0 Å². The maximum Gasteiger partial charge on any atom is 0.121 e. The van der Waals surface area contributed by atoms with Gasteiger partial charge in [-0.25, -0.2) is 0 Å². The predicted molar refractivity (Wildman–Crippen MR) is 53.9 cm³/mol. The number of hydrogen-bond donors (Lipinski definition) is 2. The molecule has 0 aromatic rings. The molecule has 1 atom stereocenters. The van der Waals surface area contributed by atoms with E-state index in [0.717, 1.165) is 0 Å². The summed E-state index contributed by atoms with van der Waals surface area (Å²) in [6, 6.07) is 0. The lowest BCUT2D eigenvalue weighted by Crippen LogP contribution is -2.38. The molecule has 3 N–H and O–H groups in total. The molecule has 0 spiro atoms. The summed E-state index contributed by atoms with van der Waals surface area (Å²) >= 11 is 0. The first-order chi connectivity index (χ1) is 6.25. The first-order valence-corrected chi connectivity index (χ1v) is 5.21. The SMILES string of the molecule is CCOC(C(=N)N)C1CCCCC1. The zero-order valence-electron chi connectivity index (χ0n) is 8.38. The second-order valence-electron chi connectivity index (χ2n) is 3.73. The van der Waals surface area contributed by atoms with E-state index in [1.54, 1.807) is 0 Å². The normalized spacial score (nSPS) is 21.3. The molecule has 1 saturated carbocycles. The summed E-state index contributed by atoms with van der Waals surface area (Å²) in [4.78, 5) is 0. The largest absolute Gasteiger partial charge is 0.385 e. The van der Waals surface area contributed by atoms with Crippen LogP contribution < -0.4 is 5.73 Å². The van der Waals surface area contributed by atoms with Crippen molar-refractivity contribution in [2.24, 2.45) is 11.7 Å². The number of hydrogen-bond acceptors (Lipinski definition) is 2. The van der Waals surface area contributed by atoms with Crippen molar-refractivity contribution in [1.29, 1.82) is 5.41 Å². The fourth-order valence-electron chi connectivity index (χ4n) is 2.10. The highest BCUT2D eigenvalue weighted by Gasteiger charge is 2.25. The molecular weight excluding hydrogens is 164 g/mol. The Kier molecular flexibility index (Phi) is 4.22. The Morgan fingerprint density at radius 2 is 2.08 bits per heavy atom. The third-order valence-corrected chi connectivity index (χ3v) is 2.73. The number of nitrogens with two attached hydrogens (primary N) is 1. The molecule has 0 saturated heterocycles. The maximum atomic E-state index is 7.44. The minimum Gasteiger partial charge on any atom is -0.385 e. The molecule has 0 aliphatic heterocycles. The summed E-state index contributed by atoms with van der Waals surface area (Å²) in [7, 11) is 0. The summed E-state index contributed by atoms with van der Waals surface area (Å²) < 4.78 is 5.49. The molecule has 0 aromatic carbocycles. The van der Waals surface area contributed by atoms with Gasteiger partial charge in [-0.2, -0.15) is 0 Å². The maximum absolute atomic E-state index is 7.44. The standard InChI is InChI=1S/C10H20N2O/c1-2-13-9(10(11)12)8-6-4-3-5-7-8/h8-9H,2-7H2,1H3,(H3,11,12). The number of rotatable bonds is 4. The van der Waals surface area contributed by atoms with Crippen LogP contribution in [0.2, 0.25) is 0 Å². The average molecular weight is 184 g/mol. The van der Waals surface area contributed by atoms with Gasteiger partial charge in [-0.05, 0) is 25.7 Å². The van der Waals surface area contributed by atoms with Crippen LogP contribution in [-0.4, -0.2) is 18.5 Å². The smallest absolute Gasteiger partial charge is 0.121 e. The van der Waals surface area contributed by atoms with Crippen LogP contribution in [0.25, 0.3) is 0 Å². The number of ether oxygens (including phenoxy) is 1. The highest BCUT2D eigenvalue weighted by atomic mass is 16.5. The van der Waals surface area contributed by atoms with Gasteiger partial charge in [0, 0.05) is 6.61 Å². The second-order valence-corrected chi connectivity index (χ2v) is 3.73. The Morgan fingerprint density at radius 3 is 2.54 bits per heavy atom. The van der Waals surface area contributed by atoms with E-state index in [1.807, 2.05) is 6.92 Å². The van der Waals surface area contributed by atoms with E-state index in [1.165, 1.54) is 32.1 Å². The number of amidine groups is 1. The first kappa shape index (κ1) is 10.5. The molecule has 0 heterocycles. The van der Waals surface area contributed by atoms with Gasteiger partial charge in [0.2, 0.25) is 0 Å². The van der Waals surface area contributed by atoms with Crippen molar-refractivity contribution >= 4 is 5.84 Å². The molecule has 1 unspecified atom stereocenters. The van der Waals surface area contributed by atoms with Crippen LogP contribution in [0, 0.1) is 11.3 Å². The van der Waals surface area contributed by atoms with Crippen LogP contribution >= 0.6 is 0 Å². The van der Waals surface area contributed by atoms with Crippen LogP contribution in [0.1, 0.15) is 39.0 Å². The molecule has 1 aliphatic carbocycles. The first-order valence-electron chi connectivity index (χ1n) is 5.21. The quantitative estimate of drug-likeness (QED) is 0.518. The molecule has 3 heteroatoms. The Labute approximate surface area is 80.2 Å². The average Bonchev–Trinajstić information content (AvgIpc) is 2.15. The van der Waals surface area contributed by atoms with Crippen molar-refractivity contribution in [2.45, 2.75) is 45.1 Å². The zero-order valence-corrected chi connectivity index (χ0v) is 8.38. The highest BCUT2D eigenvalue weighted by Crippen LogP contribution is 2.27. The lowest BCUT2D eigenvalue weighted by atomic mass is 9.85. The molecule has 0 bridgehead atoms. The minimum absolute atomic E-state index is 0.120. The highest BCUT2D eigenvalue weighted by molar-refractivity contribution is 5.82. The van der Waals surface area contributed by atoms with Gasteiger partial charge in [0.15, 0.2) is 0 Å². The molecule has 76 valence electrons. The lowest BCUT2D eigenvalue weighted by molar-refractivity contribution is 0.0516. The fourth-order valence-corrected chi connectivity index (χ4v) is 2.10. The van der Waals surface area contributed by atoms with Gasteiger partial charge in [0.05, 0.1) is 0 Å². The van der Waals surface area contributed by atoms with Crippen LogP contribution in [-0.2, 0) is 4.74 Å². The molecular formula is C10H20N2O. The van der Waals surface area contributed by atoms with E-state index in [2.05, 4.69) is 0 Å². The van der Waals surface area contributed by atoms with Crippen LogP contribution in [0.3, 0.4) is 0 Å². The van der Waals surface area contributed by atoms with Crippen molar-refractivity contribution < 1.29 is 4.74 Å². The van der Waals surface area contributed by atoms with Crippen LogP contribution in [0.5, 0.6) is 0 Å². The molecule has 0 radical (unpaired) electrons. The third kappa shape index (κ3) is 2.99. The third-order valence-electron chi connectivity index (χ3n) is 2.73. The van der Waals surface area contributed by atoms with Crippen LogP contribution in [0.4, 0.5) is 0 Å². The topological polar surface area (TPSA) is 59.1 Å². The Bertz CT molecular complexity index is 164. The van der Waals surface area contributed by atoms with Gasteiger partial charge >= 0.3 is 0 Å². The van der Waals surface area contributed by atoms with Crippen molar-refractivity contribution in [1.82, 2.24) is 0 Å². The molecule has 1 fully saturated rings. The van der Waals surface area contributed by atoms with E-state index in [9.17, 15) is 0 Å². The van der Waals surface area contributed by atoms with Crippen molar-refractivity contribution in [2.75, 3.05) is 6.61 Å². The molecule has 1 rings (SSSR count). The summed E-state index contributed by atoms with van der Waals surface area (Å²) in [5, 5.41) is 7.44. The van der Waals surface area contributed by atoms with Gasteiger partial charge in [0.25, 0.3) is 0 Å². The molecule has 13 heavy (non-hydrogen) atoms. The number of nitrogens with one attached hydrogen (secondary N) is 1. The monoisotopic (exact) mass is 184 g/mol. The summed E-state index contributed by atoms with van der Waals surface area (Å²) in [5.74, 6) is 0.694. The van der Waals surface area contributed by atoms with E-state index < -0.39 is 0 Å². The van der Waals surface area contributed by atoms with Crippen molar-refractivity contribution in [3.8, 4) is 0 Å². The summed E-state index contributed by atoms with van der Waals surface area (Å²) in [6.07, 6.45) is 6.08. The zero-order chi connectivity index (χ0) is 9.68. The Balaban J connectivity index is 2.46. The second kappa shape index (κ2) is 5.22. The summed E-state index contributed by atoms with van der Waals surface area (Å²) in [5.41, 5.74) is 5.51. The van der Waals surface area contributed by atoms with E-state index in [-0.39, 0.29) is 11.9 Å².